The maximum absolute atomic E-state index is 12.1. The largest absolute Gasteiger partial charge is 0.369 e. The molecule has 0 bridgehead atoms. The molecule has 0 radical (unpaired) electrons. The Bertz CT molecular complexity index is 762. The van der Waals surface area contributed by atoms with E-state index < -0.39 is 0 Å². The number of Topliss-reactive ketones (excluding diaryl/α,β-unsaturated/α-hetero) is 1. The van der Waals surface area contributed by atoms with Gasteiger partial charge < -0.3 is 15.1 Å². The smallest absolute Gasteiger partial charge is 0.224 e. The molecule has 2 heterocycles. The Morgan fingerprint density at radius 2 is 1.69 bits per heavy atom. The zero-order chi connectivity index (χ0) is 18.5. The summed E-state index contributed by atoms with van der Waals surface area (Å²) in [6, 6.07) is 11.7. The van der Waals surface area contributed by atoms with Gasteiger partial charge in [0.05, 0.1) is 4.88 Å². The molecular formula is C20H25N3O2S. The van der Waals surface area contributed by atoms with Crippen LogP contribution in [0.25, 0.3) is 0 Å². The molecule has 0 atom stereocenters. The summed E-state index contributed by atoms with van der Waals surface area (Å²) in [7, 11) is 2.14. The van der Waals surface area contributed by atoms with Gasteiger partial charge in [-0.25, -0.2) is 0 Å². The summed E-state index contributed by atoms with van der Waals surface area (Å²) in [5.74, 6) is -0.0948. The van der Waals surface area contributed by atoms with Crippen LogP contribution in [-0.2, 0) is 4.79 Å². The van der Waals surface area contributed by atoms with E-state index in [1.54, 1.807) is 0 Å². The Kier molecular flexibility index (Phi) is 6.06. The van der Waals surface area contributed by atoms with Gasteiger partial charge in [0.1, 0.15) is 0 Å². The zero-order valence-corrected chi connectivity index (χ0v) is 16.1. The lowest BCUT2D eigenvalue weighted by Gasteiger charge is -2.34. The Labute approximate surface area is 158 Å². The lowest BCUT2D eigenvalue weighted by atomic mass is 10.2. The fourth-order valence-corrected chi connectivity index (χ4v) is 3.81. The average molecular weight is 372 g/mol. The first kappa shape index (κ1) is 18.6. The Hall–Kier alpha value is -2.18. The molecule has 2 aromatic rings. The number of hydrogen-bond acceptors (Lipinski definition) is 5. The monoisotopic (exact) mass is 371 g/mol. The molecule has 138 valence electrons. The lowest BCUT2D eigenvalue weighted by Crippen LogP contribution is -2.44. The van der Waals surface area contributed by atoms with Crippen LogP contribution >= 0.6 is 11.3 Å². The normalized spacial score (nSPS) is 15.1. The second kappa shape index (κ2) is 8.47. The fourth-order valence-electron chi connectivity index (χ4n) is 2.98. The number of amides is 1. The van der Waals surface area contributed by atoms with Gasteiger partial charge in [-0.15, -0.1) is 11.3 Å². The van der Waals surface area contributed by atoms with Gasteiger partial charge in [-0.1, -0.05) is 0 Å². The second-order valence-electron chi connectivity index (χ2n) is 6.72. The minimum atomic E-state index is -0.126. The van der Waals surface area contributed by atoms with E-state index >= 15 is 0 Å². The number of likely N-dealkylation sites (N-methyl/N-ethyl adjacent to an activating group) is 1. The Balaban J connectivity index is 1.47. The minimum Gasteiger partial charge on any atom is -0.369 e. The van der Waals surface area contributed by atoms with Gasteiger partial charge in [0.2, 0.25) is 5.91 Å². The van der Waals surface area contributed by atoms with Crippen LogP contribution in [0.1, 0.15) is 27.4 Å². The Morgan fingerprint density at radius 3 is 2.31 bits per heavy atom. The first-order chi connectivity index (χ1) is 12.5. The van der Waals surface area contributed by atoms with Crippen molar-refractivity contribution >= 4 is 34.4 Å². The van der Waals surface area contributed by atoms with Crippen LogP contribution in [0.5, 0.6) is 0 Å². The van der Waals surface area contributed by atoms with Crippen molar-refractivity contribution in [3.05, 3.63) is 46.2 Å². The number of rotatable bonds is 6. The highest BCUT2D eigenvalue weighted by molar-refractivity contribution is 7.14. The molecular weight excluding hydrogens is 346 g/mol. The van der Waals surface area contributed by atoms with E-state index in [0.717, 1.165) is 41.6 Å². The summed E-state index contributed by atoms with van der Waals surface area (Å²) in [4.78, 5) is 30.7. The summed E-state index contributed by atoms with van der Waals surface area (Å²) in [6.07, 6.45) is 0.446. The highest BCUT2D eigenvalue weighted by atomic mass is 32.1. The number of hydrogen-bond donors (Lipinski definition) is 1. The SMILES string of the molecule is Cc1ccc(C(=O)CCC(=O)Nc2ccc(N3CCN(C)CC3)cc2)s1. The van der Waals surface area contributed by atoms with Crippen LogP contribution in [0.4, 0.5) is 11.4 Å². The quantitative estimate of drug-likeness (QED) is 0.791. The molecule has 26 heavy (non-hydrogen) atoms. The van der Waals surface area contributed by atoms with E-state index in [2.05, 4.69) is 22.2 Å². The van der Waals surface area contributed by atoms with E-state index in [9.17, 15) is 9.59 Å². The molecule has 1 aromatic heterocycles. The van der Waals surface area contributed by atoms with Gasteiger partial charge in [0.25, 0.3) is 0 Å². The number of anilines is 2. The molecule has 5 nitrogen and oxygen atoms in total. The number of carbonyl (C=O) groups excluding carboxylic acids is 2. The number of nitrogens with zero attached hydrogens (tertiary/aromatic N) is 2. The van der Waals surface area contributed by atoms with Crippen molar-refractivity contribution in [3.63, 3.8) is 0 Å². The van der Waals surface area contributed by atoms with Crippen LogP contribution in [-0.4, -0.2) is 49.8 Å². The van der Waals surface area contributed by atoms with Crippen LogP contribution in [0.3, 0.4) is 0 Å². The molecule has 0 saturated carbocycles. The number of thiophene rings is 1. The molecule has 1 amide bonds. The standard InChI is InChI=1S/C20H25N3O2S/c1-15-3-9-19(26-15)18(24)8-10-20(25)21-16-4-6-17(7-5-16)23-13-11-22(2)12-14-23/h3-7,9H,8,10-14H2,1-2H3,(H,21,25). The summed E-state index contributed by atoms with van der Waals surface area (Å²) in [5, 5.41) is 2.88. The lowest BCUT2D eigenvalue weighted by molar-refractivity contribution is -0.116. The topological polar surface area (TPSA) is 52.7 Å². The third-order valence-electron chi connectivity index (χ3n) is 4.61. The molecule has 3 rings (SSSR count). The van der Waals surface area contributed by atoms with Gasteiger partial charge in [0, 0.05) is 55.3 Å². The molecule has 1 N–H and O–H groups in total. The zero-order valence-electron chi connectivity index (χ0n) is 15.3. The summed E-state index contributed by atoms with van der Waals surface area (Å²) >= 11 is 1.48. The van der Waals surface area contributed by atoms with Gasteiger partial charge in [-0.3, -0.25) is 9.59 Å². The van der Waals surface area contributed by atoms with Gasteiger partial charge in [-0.2, -0.15) is 0 Å². The molecule has 6 heteroatoms. The van der Waals surface area contributed by atoms with Crippen molar-refractivity contribution in [2.75, 3.05) is 43.4 Å². The number of aryl methyl sites for hydroxylation is 1. The van der Waals surface area contributed by atoms with Crippen LogP contribution in [0.15, 0.2) is 36.4 Å². The number of piperazine rings is 1. The molecule has 0 unspecified atom stereocenters. The van der Waals surface area contributed by atoms with Crippen molar-refractivity contribution in [1.82, 2.24) is 4.90 Å². The predicted molar refractivity (Wildman–Crippen MR) is 107 cm³/mol. The van der Waals surface area contributed by atoms with E-state index in [4.69, 9.17) is 0 Å². The second-order valence-corrected chi connectivity index (χ2v) is 8.01. The molecule has 1 aliphatic rings. The number of nitrogens with one attached hydrogen (secondary N) is 1. The first-order valence-corrected chi connectivity index (χ1v) is 9.76. The highest BCUT2D eigenvalue weighted by Gasteiger charge is 2.14. The van der Waals surface area contributed by atoms with Crippen LogP contribution < -0.4 is 10.2 Å². The van der Waals surface area contributed by atoms with Gasteiger partial charge >= 0.3 is 0 Å². The third-order valence-corrected chi connectivity index (χ3v) is 5.66. The van der Waals surface area contributed by atoms with E-state index in [-0.39, 0.29) is 24.5 Å². The summed E-state index contributed by atoms with van der Waals surface area (Å²) < 4.78 is 0. The maximum Gasteiger partial charge on any atom is 0.224 e. The van der Waals surface area contributed by atoms with E-state index in [0.29, 0.717) is 0 Å². The van der Waals surface area contributed by atoms with E-state index in [1.165, 1.54) is 17.0 Å². The first-order valence-electron chi connectivity index (χ1n) is 8.94. The predicted octanol–water partition coefficient (Wildman–Crippen LogP) is 3.41. The molecule has 1 aromatic carbocycles. The fraction of sp³-hybridized carbons (Fsp3) is 0.400. The highest BCUT2D eigenvalue weighted by Crippen LogP contribution is 2.20. The van der Waals surface area contributed by atoms with Crippen molar-refractivity contribution in [2.45, 2.75) is 19.8 Å². The summed E-state index contributed by atoms with van der Waals surface area (Å²) in [6.45, 7) is 6.14. The molecule has 1 saturated heterocycles. The van der Waals surface area contributed by atoms with Gasteiger partial charge in [-0.05, 0) is 50.4 Å². The molecule has 0 spiro atoms. The van der Waals surface area contributed by atoms with Crippen molar-refractivity contribution in [1.29, 1.82) is 0 Å². The number of carbonyl (C=O) groups is 2. The Morgan fingerprint density at radius 1 is 1.00 bits per heavy atom. The molecule has 1 aliphatic heterocycles. The van der Waals surface area contributed by atoms with E-state index in [1.807, 2.05) is 43.3 Å². The average Bonchev–Trinajstić information content (AvgIpc) is 3.08. The molecule has 0 aliphatic carbocycles. The van der Waals surface area contributed by atoms with Crippen LogP contribution in [0, 0.1) is 6.92 Å². The number of ketones is 1. The van der Waals surface area contributed by atoms with Crippen molar-refractivity contribution < 1.29 is 9.59 Å². The minimum absolute atomic E-state index is 0.0312. The summed E-state index contributed by atoms with van der Waals surface area (Å²) in [5.41, 5.74) is 1.95. The van der Waals surface area contributed by atoms with Gasteiger partial charge in [0.15, 0.2) is 5.78 Å². The van der Waals surface area contributed by atoms with Crippen LogP contribution in [0.2, 0.25) is 0 Å². The molecule has 1 fully saturated rings. The van der Waals surface area contributed by atoms with Crippen molar-refractivity contribution in [2.24, 2.45) is 0 Å². The maximum atomic E-state index is 12.1. The third kappa shape index (κ3) is 4.93. The number of benzene rings is 1. The van der Waals surface area contributed by atoms with Crippen molar-refractivity contribution in [3.8, 4) is 0 Å².